The standard InChI is InChI=1S/C32H29N5O3S/c1-4-17-40-26-14-11-22(12-15-26)30-33-32-37(35-30)31(38)28(41-32)19-24-20-36(25-9-7-6-8-10-25)34-29(24)23-13-16-27(39-5-2)21(3)18-23/h6-16,18-20H,4-5,17H2,1-3H3/b28-19-. The topological polar surface area (TPSA) is 83.5 Å². The summed E-state index contributed by atoms with van der Waals surface area (Å²) in [6, 6.07) is 23.5. The third kappa shape index (κ3) is 5.36. The lowest BCUT2D eigenvalue weighted by molar-refractivity contribution is 0.317. The highest BCUT2D eigenvalue weighted by atomic mass is 32.1. The molecule has 0 fully saturated rings. The Kier molecular flexibility index (Phi) is 7.35. The van der Waals surface area contributed by atoms with E-state index in [1.54, 1.807) is 0 Å². The van der Waals surface area contributed by atoms with Crippen molar-refractivity contribution in [3.8, 4) is 39.8 Å². The fraction of sp³-hybridized carbons (Fsp3) is 0.188. The quantitative estimate of drug-likeness (QED) is 0.224. The van der Waals surface area contributed by atoms with E-state index in [9.17, 15) is 4.79 Å². The maximum atomic E-state index is 13.4. The van der Waals surface area contributed by atoms with Crippen molar-refractivity contribution in [2.75, 3.05) is 13.2 Å². The highest BCUT2D eigenvalue weighted by molar-refractivity contribution is 7.15. The van der Waals surface area contributed by atoms with Crippen LogP contribution in [0.3, 0.4) is 0 Å². The van der Waals surface area contributed by atoms with Crippen LogP contribution in [-0.4, -0.2) is 37.6 Å². The van der Waals surface area contributed by atoms with Crippen LogP contribution in [-0.2, 0) is 0 Å². The predicted octanol–water partition coefficient (Wildman–Crippen LogP) is 5.71. The Labute approximate surface area is 241 Å². The van der Waals surface area contributed by atoms with Crippen LogP contribution >= 0.6 is 11.3 Å². The van der Waals surface area contributed by atoms with Gasteiger partial charge in [-0.2, -0.15) is 14.6 Å². The Morgan fingerprint density at radius 2 is 1.71 bits per heavy atom. The predicted molar refractivity (Wildman–Crippen MR) is 162 cm³/mol. The van der Waals surface area contributed by atoms with Gasteiger partial charge in [0.15, 0.2) is 5.82 Å². The summed E-state index contributed by atoms with van der Waals surface area (Å²) in [6.45, 7) is 7.32. The van der Waals surface area contributed by atoms with Gasteiger partial charge in [0.05, 0.1) is 23.4 Å². The van der Waals surface area contributed by atoms with Crippen molar-refractivity contribution < 1.29 is 9.47 Å². The molecule has 3 aromatic heterocycles. The molecule has 0 spiro atoms. The van der Waals surface area contributed by atoms with Gasteiger partial charge in [-0.3, -0.25) is 4.79 Å². The number of nitrogens with zero attached hydrogens (tertiary/aromatic N) is 5. The second kappa shape index (κ2) is 11.4. The first-order valence-corrected chi connectivity index (χ1v) is 14.4. The molecule has 0 atom stereocenters. The minimum absolute atomic E-state index is 0.215. The molecule has 6 aromatic rings. The first-order chi connectivity index (χ1) is 20.0. The third-order valence-corrected chi connectivity index (χ3v) is 7.52. The van der Waals surface area contributed by atoms with Gasteiger partial charge in [0.25, 0.3) is 5.56 Å². The number of ether oxygens (including phenoxy) is 2. The number of fused-ring (bicyclic) bond motifs is 1. The van der Waals surface area contributed by atoms with Gasteiger partial charge in [-0.1, -0.05) is 36.5 Å². The fourth-order valence-electron chi connectivity index (χ4n) is 4.56. The summed E-state index contributed by atoms with van der Waals surface area (Å²) in [6.07, 6.45) is 4.76. The molecule has 6 rings (SSSR count). The number of rotatable bonds is 9. The summed E-state index contributed by atoms with van der Waals surface area (Å²) in [5.41, 5.74) is 5.08. The molecule has 9 heteroatoms. The van der Waals surface area contributed by atoms with Crippen LogP contribution in [0.1, 0.15) is 31.4 Å². The molecular weight excluding hydrogens is 534 g/mol. The monoisotopic (exact) mass is 563 g/mol. The molecule has 0 aliphatic carbocycles. The Bertz CT molecular complexity index is 1920. The molecule has 0 amide bonds. The summed E-state index contributed by atoms with van der Waals surface area (Å²) < 4.78 is 15.1. The van der Waals surface area contributed by atoms with Crippen molar-refractivity contribution in [1.82, 2.24) is 24.4 Å². The van der Waals surface area contributed by atoms with E-state index in [1.165, 1.54) is 15.9 Å². The Morgan fingerprint density at radius 1 is 0.927 bits per heavy atom. The SMILES string of the molecule is CCCOc1ccc(-c2nc3s/c(=C\c4cn(-c5ccccc5)nc4-c4ccc(OCC)c(C)c4)c(=O)n3n2)cc1. The summed E-state index contributed by atoms with van der Waals surface area (Å²) in [5.74, 6) is 2.15. The molecular formula is C32H29N5O3S. The number of hydrogen-bond donors (Lipinski definition) is 0. The van der Waals surface area contributed by atoms with E-state index >= 15 is 0 Å². The molecule has 0 N–H and O–H groups in total. The lowest BCUT2D eigenvalue weighted by Gasteiger charge is -2.08. The summed E-state index contributed by atoms with van der Waals surface area (Å²) in [5, 5.41) is 9.43. The summed E-state index contributed by atoms with van der Waals surface area (Å²) in [4.78, 5) is 18.6. The zero-order valence-corrected chi connectivity index (χ0v) is 23.9. The second-order valence-electron chi connectivity index (χ2n) is 9.54. The average molecular weight is 564 g/mol. The average Bonchev–Trinajstić information content (AvgIpc) is 3.69. The molecule has 0 aliphatic heterocycles. The Morgan fingerprint density at radius 3 is 2.41 bits per heavy atom. The van der Waals surface area contributed by atoms with Gasteiger partial charge in [0, 0.05) is 22.9 Å². The zero-order valence-electron chi connectivity index (χ0n) is 23.1. The van der Waals surface area contributed by atoms with E-state index in [2.05, 4.69) is 23.1 Å². The number of para-hydroxylation sites is 1. The van der Waals surface area contributed by atoms with Crippen LogP contribution in [0.25, 0.3) is 39.4 Å². The van der Waals surface area contributed by atoms with Crippen LogP contribution in [0.5, 0.6) is 11.5 Å². The lowest BCUT2D eigenvalue weighted by Crippen LogP contribution is -2.23. The molecule has 0 saturated heterocycles. The van der Waals surface area contributed by atoms with Crippen LogP contribution < -0.4 is 19.6 Å². The molecule has 0 aliphatic rings. The van der Waals surface area contributed by atoms with Gasteiger partial charge in [0.1, 0.15) is 17.2 Å². The van der Waals surface area contributed by atoms with Crippen molar-refractivity contribution in [3.63, 3.8) is 0 Å². The molecule has 8 nitrogen and oxygen atoms in total. The van der Waals surface area contributed by atoms with E-state index in [-0.39, 0.29) is 5.56 Å². The molecule has 206 valence electrons. The van der Waals surface area contributed by atoms with Crippen LogP contribution in [0.2, 0.25) is 0 Å². The first kappa shape index (κ1) is 26.5. The van der Waals surface area contributed by atoms with Gasteiger partial charge in [-0.25, -0.2) is 4.68 Å². The highest BCUT2D eigenvalue weighted by Crippen LogP contribution is 2.29. The molecule has 0 radical (unpaired) electrons. The van der Waals surface area contributed by atoms with Gasteiger partial charge < -0.3 is 9.47 Å². The molecule has 3 aromatic carbocycles. The smallest absolute Gasteiger partial charge is 0.291 e. The number of thiazole rings is 1. The van der Waals surface area contributed by atoms with Crippen LogP contribution in [0.15, 0.2) is 83.8 Å². The van der Waals surface area contributed by atoms with E-state index in [4.69, 9.17) is 14.6 Å². The number of aromatic nitrogens is 5. The molecule has 0 unspecified atom stereocenters. The lowest BCUT2D eigenvalue weighted by atomic mass is 10.0. The van der Waals surface area contributed by atoms with Crippen molar-refractivity contribution in [3.05, 3.63) is 105 Å². The van der Waals surface area contributed by atoms with Crippen LogP contribution in [0, 0.1) is 6.92 Å². The van der Waals surface area contributed by atoms with E-state index in [1.807, 2.05) is 97.5 Å². The van der Waals surface area contributed by atoms with E-state index < -0.39 is 0 Å². The van der Waals surface area contributed by atoms with E-state index in [0.29, 0.717) is 28.5 Å². The van der Waals surface area contributed by atoms with Crippen molar-refractivity contribution in [2.24, 2.45) is 0 Å². The number of aryl methyl sites for hydroxylation is 1. The molecule has 0 bridgehead atoms. The minimum atomic E-state index is -0.215. The van der Waals surface area contributed by atoms with Crippen molar-refractivity contribution in [1.29, 1.82) is 0 Å². The van der Waals surface area contributed by atoms with Gasteiger partial charge in [0.2, 0.25) is 4.96 Å². The number of hydrogen-bond acceptors (Lipinski definition) is 7. The minimum Gasteiger partial charge on any atom is -0.494 e. The summed E-state index contributed by atoms with van der Waals surface area (Å²) in [7, 11) is 0. The zero-order chi connectivity index (χ0) is 28.3. The second-order valence-corrected chi connectivity index (χ2v) is 10.6. The highest BCUT2D eigenvalue weighted by Gasteiger charge is 2.16. The number of benzene rings is 3. The van der Waals surface area contributed by atoms with Crippen molar-refractivity contribution in [2.45, 2.75) is 27.2 Å². The Balaban J connectivity index is 1.40. The normalized spacial score (nSPS) is 11.8. The summed E-state index contributed by atoms with van der Waals surface area (Å²) >= 11 is 1.31. The van der Waals surface area contributed by atoms with Gasteiger partial charge in [-0.05, 0) is 86.5 Å². The largest absolute Gasteiger partial charge is 0.494 e. The van der Waals surface area contributed by atoms with Crippen LogP contribution in [0.4, 0.5) is 0 Å². The van der Waals surface area contributed by atoms with E-state index in [0.717, 1.165) is 51.6 Å². The maximum Gasteiger partial charge on any atom is 0.291 e. The molecule has 0 saturated carbocycles. The molecule has 3 heterocycles. The van der Waals surface area contributed by atoms with Gasteiger partial charge in [-0.15, -0.1) is 5.10 Å². The fourth-order valence-corrected chi connectivity index (χ4v) is 5.46. The third-order valence-electron chi connectivity index (χ3n) is 6.57. The van der Waals surface area contributed by atoms with Crippen molar-refractivity contribution >= 4 is 22.4 Å². The van der Waals surface area contributed by atoms with Gasteiger partial charge >= 0.3 is 0 Å². The molecule has 41 heavy (non-hydrogen) atoms. The Hall–Kier alpha value is -4.76. The first-order valence-electron chi connectivity index (χ1n) is 13.6. The maximum absolute atomic E-state index is 13.4.